The molecule has 0 amide bonds. The van der Waals surface area contributed by atoms with Gasteiger partial charge in [0.25, 0.3) is 0 Å². The second kappa shape index (κ2) is 8.11. The van der Waals surface area contributed by atoms with E-state index in [4.69, 9.17) is 4.98 Å². The Kier molecular flexibility index (Phi) is 5.65. The first kappa shape index (κ1) is 16.7. The van der Waals surface area contributed by atoms with Gasteiger partial charge in [0.1, 0.15) is 0 Å². The van der Waals surface area contributed by atoms with Crippen molar-refractivity contribution in [2.75, 3.05) is 11.9 Å². The predicted octanol–water partition coefficient (Wildman–Crippen LogP) is 5.51. The molecule has 0 aliphatic carbocycles. The first-order valence-electron chi connectivity index (χ1n) is 8.53. The van der Waals surface area contributed by atoms with E-state index in [1.807, 2.05) is 0 Å². The second-order valence-corrected chi connectivity index (χ2v) is 7.39. The van der Waals surface area contributed by atoms with Crippen LogP contribution in [0, 0.1) is 0 Å². The molecule has 124 valence electrons. The van der Waals surface area contributed by atoms with Crippen LogP contribution in [-0.4, -0.2) is 11.5 Å². The van der Waals surface area contributed by atoms with Gasteiger partial charge in [-0.2, -0.15) is 0 Å². The van der Waals surface area contributed by atoms with Gasteiger partial charge in [0.15, 0.2) is 5.13 Å². The number of rotatable bonds is 7. The van der Waals surface area contributed by atoms with Crippen molar-refractivity contribution in [2.24, 2.45) is 0 Å². The van der Waals surface area contributed by atoms with E-state index in [0.717, 1.165) is 24.5 Å². The molecule has 0 saturated carbocycles. The third-order valence-corrected chi connectivity index (χ3v) is 5.04. The Balaban J connectivity index is 1.67. The van der Waals surface area contributed by atoms with Gasteiger partial charge < -0.3 is 5.32 Å². The van der Waals surface area contributed by atoms with E-state index in [9.17, 15) is 0 Å². The largest absolute Gasteiger partial charge is 0.361 e. The average molecular weight is 337 g/mol. The van der Waals surface area contributed by atoms with Gasteiger partial charge in [-0.1, -0.05) is 74.5 Å². The topological polar surface area (TPSA) is 24.9 Å². The fraction of sp³-hybridized carbons (Fsp3) is 0.286. The highest BCUT2D eigenvalue weighted by molar-refractivity contribution is 7.15. The number of nitrogens with one attached hydrogen (secondary N) is 1. The van der Waals surface area contributed by atoms with E-state index in [0.29, 0.717) is 5.92 Å². The Morgan fingerprint density at radius 2 is 1.54 bits per heavy atom. The predicted molar refractivity (Wildman–Crippen MR) is 104 cm³/mol. The molecule has 0 atom stereocenters. The molecule has 1 heterocycles. The van der Waals surface area contributed by atoms with Crippen LogP contribution in [0.4, 0.5) is 5.13 Å². The zero-order valence-corrected chi connectivity index (χ0v) is 15.1. The van der Waals surface area contributed by atoms with Crippen molar-refractivity contribution in [1.82, 2.24) is 4.98 Å². The molecular formula is C21H24N2S. The summed E-state index contributed by atoms with van der Waals surface area (Å²) in [6, 6.07) is 21.2. The number of hydrogen-bond acceptors (Lipinski definition) is 3. The minimum atomic E-state index is 0.449. The van der Waals surface area contributed by atoms with Crippen LogP contribution in [0.2, 0.25) is 0 Å². The summed E-state index contributed by atoms with van der Waals surface area (Å²) in [5.74, 6) is 0.449. The molecule has 1 aromatic heterocycles. The molecule has 0 spiro atoms. The van der Waals surface area contributed by atoms with Crippen molar-refractivity contribution < 1.29 is 0 Å². The van der Waals surface area contributed by atoms with Crippen molar-refractivity contribution in [2.45, 2.75) is 32.6 Å². The SMILES string of the molecule is CC(C)c1nc(NCCc2ccccc2)sc1Cc1ccccc1. The lowest BCUT2D eigenvalue weighted by Gasteiger charge is -2.05. The molecule has 3 rings (SSSR count). The van der Waals surface area contributed by atoms with Gasteiger partial charge in [0, 0.05) is 17.8 Å². The van der Waals surface area contributed by atoms with Crippen molar-refractivity contribution in [3.63, 3.8) is 0 Å². The lowest BCUT2D eigenvalue weighted by atomic mass is 10.1. The van der Waals surface area contributed by atoms with Crippen LogP contribution >= 0.6 is 11.3 Å². The molecule has 2 nitrogen and oxygen atoms in total. The normalized spacial score (nSPS) is 11.0. The number of nitrogens with zero attached hydrogens (tertiary/aromatic N) is 1. The van der Waals surface area contributed by atoms with Crippen LogP contribution in [0.5, 0.6) is 0 Å². The highest BCUT2D eigenvalue weighted by atomic mass is 32.1. The molecule has 0 saturated heterocycles. The van der Waals surface area contributed by atoms with E-state index in [1.54, 1.807) is 11.3 Å². The van der Waals surface area contributed by atoms with Crippen LogP contribution in [0.1, 0.15) is 41.5 Å². The summed E-state index contributed by atoms with van der Waals surface area (Å²) in [5, 5.41) is 4.54. The van der Waals surface area contributed by atoms with Crippen LogP contribution in [0.3, 0.4) is 0 Å². The highest BCUT2D eigenvalue weighted by Gasteiger charge is 2.14. The number of anilines is 1. The first-order valence-corrected chi connectivity index (χ1v) is 9.35. The molecule has 0 fully saturated rings. The zero-order chi connectivity index (χ0) is 16.8. The maximum absolute atomic E-state index is 4.84. The standard InChI is InChI=1S/C21H24N2S/c1-16(2)20-19(15-18-11-7-4-8-12-18)24-21(23-20)22-14-13-17-9-5-3-6-10-17/h3-12,16H,13-15H2,1-2H3,(H,22,23). The van der Waals surface area contributed by atoms with Gasteiger partial charge in [0.05, 0.1) is 5.69 Å². The number of aromatic nitrogens is 1. The van der Waals surface area contributed by atoms with E-state index in [1.165, 1.54) is 21.7 Å². The maximum Gasteiger partial charge on any atom is 0.183 e. The van der Waals surface area contributed by atoms with Gasteiger partial charge in [-0.3, -0.25) is 0 Å². The molecule has 3 aromatic rings. The Morgan fingerprint density at radius 1 is 0.917 bits per heavy atom. The minimum absolute atomic E-state index is 0.449. The Labute approximate surface area is 148 Å². The third kappa shape index (κ3) is 4.45. The van der Waals surface area contributed by atoms with Crippen molar-refractivity contribution in [3.05, 3.63) is 82.4 Å². The van der Waals surface area contributed by atoms with E-state index >= 15 is 0 Å². The molecule has 1 N–H and O–H groups in total. The monoisotopic (exact) mass is 336 g/mol. The Bertz CT molecular complexity index is 748. The summed E-state index contributed by atoms with van der Waals surface area (Å²) in [4.78, 5) is 6.22. The number of hydrogen-bond donors (Lipinski definition) is 1. The van der Waals surface area contributed by atoms with Gasteiger partial charge in [-0.05, 0) is 23.5 Å². The smallest absolute Gasteiger partial charge is 0.183 e. The summed E-state index contributed by atoms with van der Waals surface area (Å²) in [6.45, 7) is 5.36. The van der Waals surface area contributed by atoms with E-state index < -0.39 is 0 Å². The van der Waals surface area contributed by atoms with Gasteiger partial charge >= 0.3 is 0 Å². The van der Waals surface area contributed by atoms with Crippen LogP contribution < -0.4 is 5.32 Å². The molecule has 0 aliphatic heterocycles. The summed E-state index contributed by atoms with van der Waals surface area (Å²) >= 11 is 1.80. The number of benzene rings is 2. The van der Waals surface area contributed by atoms with Gasteiger partial charge in [0.2, 0.25) is 0 Å². The molecule has 24 heavy (non-hydrogen) atoms. The maximum atomic E-state index is 4.84. The van der Waals surface area contributed by atoms with E-state index in [-0.39, 0.29) is 0 Å². The zero-order valence-electron chi connectivity index (χ0n) is 14.3. The van der Waals surface area contributed by atoms with E-state index in [2.05, 4.69) is 79.8 Å². The summed E-state index contributed by atoms with van der Waals surface area (Å²) < 4.78 is 0. The van der Waals surface area contributed by atoms with Crippen molar-refractivity contribution >= 4 is 16.5 Å². The summed E-state index contributed by atoms with van der Waals surface area (Å²) in [6.07, 6.45) is 1.98. The van der Waals surface area contributed by atoms with Crippen LogP contribution in [0.25, 0.3) is 0 Å². The molecule has 3 heteroatoms. The number of thiazole rings is 1. The van der Waals surface area contributed by atoms with Crippen molar-refractivity contribution in [3.8, 4) is 0 Å². The Hall–Kier alpha value is -2.13. The third-order valence-electron chi connectivity index (χ3n) is 4.01. The van der Waals surface area contributed by atoms with Gasteiger partial charge in [-0.25, -0.2) is 4.98 Å². The Morgan fingerprint density at radius 3 is 2.17 bits per heavy atom. The van der Waals surface area contributed by atoms with Crippen molar-refractivity contribution in [1.29, 1.82) is 0 Å². The molecule has 0 aliphatic rings. The van der Waals surface area contributed by atoms with Crippen LogP contribution in [-0.2, 0) is 12.8 Å². The first-order chi connectivity index (χ1) is 11.7. The average Bonchev–Trinajstić information content (AvgIpc) is 3.00. The second-order valence-electron chi connectivity index (χ2n) is 6.31. The molecule has 0 radical (unpaired) electrons. The summed E-state index contributed by atoms with van der Waals surface area (Å²) in [7, 11) is 0. The summed E-state index contributed by atoms with van der Waals surface area (Å²) in [5.41, 5.74) is 3.93. The fourth-order valence-electron chi connectivity index (χ4n) is 2.76. The quantitative estimate of drug-likeness (QED) is 0.615. The van der Waals surface area contributed by atoms with Gasteiger partial charge in [-0.15, -0.1) is 11.3 Å². The van der Waals surface area contributed by atoms with Crippen LogP contribution in [0.15, 0.2) is 60.7 Å². The lowest BCUT2D eigenvalue weighted by molar-refractivity contribution is 0.818. The minimum Gasteiger partial charge on any atom is -0.361 e. The molecule has 2 aromatic carbocycles. The fourth-order valence-corrected chi connectivity index (χ4v) is 3.93. The molecule has 0 bridgehead atoms. The highest BCUT2D eigenvalue weighted by Crippen LogP contribution is 2.30. The molecule has 0 unspecified atom stereocenters. The lowest BCUT2D eigenvalue weighted by Crippen LogP contribution is -2.04. The molecular weight excluding hydrogens is 312 g/mol.